The molecule has 4 rings (SSSR count). The Balaban J connectivity index is 1.50. The number of alkyl halides is 1. The zero-order valence-electron chi connectivity index (χ0n) is 22.1. The van der Waals surface area contributed by atoms with Gasteiger partial charge in [0.15, 0.2) is 11.9 Å². The lowest BCUT2D eigenvalue weighted by Crippen LogP contribution is -2.38. The number of aromatic nitrogens is 4. The number of carbonyl (C=O) groups excluding carboxylic acids is 1. The highest BCUT2D eigenvalue weighted by Gasteiger charge is 2.48. The molecule has 1 unspecified atom stereocenters. The molecule has 0 bridgehead atoms. The highest BCUT2D eigenvalue weighted by atomic mass is 32.1. The van der Waals surface area contributed by atoms with Crippen LogP contribution < -0.4 is 20.9 Å². The first-order chi connectivity index (χ1) is 18.8. The summed E-state index contributed by atoms with van der Waals surface area (Å²) >= 11 is 1.20. The SMILES string of the molecule is CC(C)OC(=O)[C@H](C)NP(=O)(OC[C@@H]1C[C@@](C)(F)[C@H](n2ccc(=O)[nH]c2=O)O1)Oc1ccc(-c2csnn2)cc1. The Hall–Kier alpha value is -3.23. The molecule has 0 radical (unpaired) electrons. The van der Waals surface area contributed by atoms with E-state index in [4.69, 9.17) is 18.5 Å². The van der Waals surface area contributed by atoms with Crippen molar-refractivity contribution in [3.63, 3.8) is 0 Å². The van der Waals surface area contributed by atoms with E-state index in [1.54, 1.807) is 43.5 Å². The van der Waals surface area contributed by atoms with E-state index in [9.17, 15) is 18.9 Å². The molecule has 0 saturated carbocycles. The van der Waals surface area contributed by atoms with Crippen LogP contribution in [0.3, 0.4) is 0 Å². The van der Waals surface area contributed by atoms with E-state index >= 15 is 4.39 Å². The summed E-state index contributed by atoms with van der Waals surface area (Å²) in [5, 5.41) is 8.33. The van der Waals surface area contributed by atoms with Gasteiger partial charge in [0, 0.05) is 29.6 Å². The lowest BCUT2D eigenvalue weighted by atomic mass is 10.0. The van der Waals surface area contributed by atoms with Crippen LogP contribution in [0, 0.1) is 0 Å². The molecule has 1 aromatic carbocycles. The van der Waals surface area contributed by atoms with Crippen molar-refractivity contribution in [2.45, 2.75) is 64.3 Å². The maximum atomic E-state index is 15.4. The highest BCUT2D eigenvalue weighted by Crippen LogP contribution is 2.47. The largest absolute Gasteiger partial charge is 0.462 e. The third-order valence-corrected chi connectivity index (χ3v) is 7.94. The fraction of sp³-hybridized carbons (Fsp3) is 0.458. The van der Waals surface area contributed by atoms with Crippen molar-refractivity contribution >= 4 is 25.2 Å². The van der Waals surface area contributed by atoms with Crippen molar-refractivity contribution in [1.29, 1.82) is 0 Å². The number of esters is 1. The number of rotatable bonds is 11. The summed E-state index contributed by atoms with van der Waals surface area (Å²) in [6.07, 6.45) is -1.81. The summed E-state index contributed by atoms with van der Waals surface area (Å²) in [5.41, 5.74) is -2.09. The zero-order valence-corrected chi connectivity index (χ0v) is 23.8. The van der Waals surface area contributed by atoms with Crippen molar-refractivity contribution < 1.29 is 32.3 Å². The molecule has 1 aliphatic rings. The van der Waals surface area contributed by atoms with Gasteiger partial charge in [0.25, 0.3) is 5.56 Å². The minimum atomic E-state index is -4.27. The number of benzene rings is 1. The first-order valence-electron chi connectivity index (χ1n) is 12.3. The Labute approximate surface area is 232 Å². The summed E-state index contributed by atoms with van der Waals surface area (Å²) in [5.74, 6) is -0.521. The standard InChI is InChI=1S/C24H29FN5O8PS/c1-14(2)36-21(32)15(3)28-39(34,38-17-7-5-16(6-8-17)19-13-40-29-27-19)35-12-18-11-24(4,25)22(37-18)30-10-9-20(31)26-23(30)33/h5-10,13-15,18,22H,11-12H2,1-4H3,(H,28,34)(H,26,31,33)/t15-,18-,22+,24+,39?/m0/s1. The average molecular weight is 598 g/mol. The van der Waals surface area contributed by atoms with E-state index in [0.29, 0.717) is 5.69 Å². The Morgan fingerprint density at radius 2 is 2.02 bits per heavy atom. The molecule has 0 amide bonds. The van der Waals surface area contributed by atoms with Crippen LogP contribution in [0.25, 0.3) is 11.3 Å². The number of nitrogens with zero attached hydrogens (tertiary/aromatic N) is 3. The van der Waals surface area contributed by atoms with Crippen LogP contribution in [0.1, 0.15) is 40.3 Å². The normalized spacial score (nSPS) is 23.1. The predicted molar refractivity (Wildman–Crippen MR) is 143 cm³/mol. The third-order valence-electron chi connectivity index (χ3n) is 5.79. The highest BCUT2D eigenvalue weighted by molar-refractivity contribution is 7.52. The van der Waals surface area contributed by atoms with E-state index in [1.165, 1.54) is 25.4 Å². The number of nitrogens with one attached hydrogen (secondary N) is 2. The van der Waals surface area contributed by atoms with Gasteiger partial charge in [0.05, 0.1) is 18.8 Å². The van der Waals surface area contributed by atoms with E-state index in [1.807, 2.05) is 0 Å². The van der Waals surface area contributed by atoms with Crippen molar-refractivity contribution in [3.05, 3.63) is 62.7 Å². The molecular formula is C24H29FN5O8PS. The molecule has 3 aromatic rings. The molecule has 40 heavy (non-hydrogen) atoms. The molecule has 0 aliphatic carbocycles. The molecular weight excluding hydrogens is 568 g/mol. The van der Waals surface area contributed by atoms with Gasteiger partial charge in [-0.3, -0.25) is 23.7 Å². The molecule has 3 heterocycles. The molecule has 2 aromatic heterocycles. The van der Waals surface area contributed by atoms with Gasteiger partial charge in [-0.1, -0.05) is 4.49 Å². The van der Waals surface area contributed by atoms with Crippen molar-refractivity contribution in [2.75, 3.05) is 6.61 Å². The van der Waals surface area contributed by atoms with Gasteiger partial charge in [-0.2, -0.15) is 5.09 Å². The van der Waals surface area contributed by atoms with Crippen LogP contribution in [-0.4, -0.2) is 55.6 Å². The van der Waals surface area contributed by atoms with Gasteiger partial charge < -0.3 is 14.0 Å². The summed E-state index contributed by atoms with van der Waals surface area (Å²) in [7, 11) is -4.27. The molecule has 1 aliphatic heterocycles. The number of H-pyrrole nitrogens is 1. The van der Waals surface area contributed by atoms with Gasteiger partial charge in [-0.05, 0) is 63.5 Å². The van der Waals surface area contributed by atoms with E-state index < -0.39 is 61.7 Å². The van der Waals surface area contributed by atoms with Crippen molar-refractivity contribution in [1.82, 2.24) is 24.2 Å². The van der Waals surface area contributed by atoms with Gasteiger partial charge in [-0.25, -0.2) is 13.8 Å². The Morgan fingerprint density at radius 3 is 2.65 bits per heavy atom. The minimum Gasteiger partial charge on any atom is -0.462 e. The smallest absolute Gasteiger partial charge is 0.459 e. The molecule has 16 heteroatoms. The lowest BCUT2D eigenvalue weighted by Gasteiger charge is -2.24. The molecule has 216 valence electrons. The Kier molecular flexibility index (Phi) is 9.00. The first kappa shape index (κ1) is 29.7. The second kappa shape index (κ2) is 12.1. The zero-order chi connectivity index (χ0) is 29.1. The Morgan fingerprint density at radius 1 is 1.30 bits per heavy atom. The fourth-order valence-corrected chi connectivity index (χ4v) is 5.98. The minimum absolute atomic E-state index is 0.160. The number of ether oxygens (including phenoxy) is 2. The summed E-state index contributed by atoms with van der Waals surface area (Å²) in [6.45, 7) is 5.61. The van der Waals surface area contributed by atoms with Crippen molar-refractivity contribution in [3.8, 4) is 17.0 Å². The number of aromatic amines is 1. The molecule has 0 spiro atoms. The Bertz CT molecular complexity index is 1480. The summed E-state index contributed by atoms with van der Waals surface area (Å²) in [6, 6.07) is 6.46. The molecule has 13 nitrogen and oxygen atoms in total. The van der Waals surface area contributed by atoms with Gasteiger partial charge in [0.2, 0.25) is 0 Å². The van der Waals surface area contributed by atoms with Crippen LogP contribution in [0.4, 0.5) is 4.39 Å². The average Bonchev–Trinajstić information content (AvgIpc) is 3.51. The van der Waals surface area contributed by atoms with Crippen LogP contribution >= 0.6 is 19.3 Å². The summed E-state index contributed by atoms with van der Waals surface area (Å²) < 4.78 is 56.2. The second-order valence-corrected chi connectivity index (χ2v) is 11.9. The number of hydrogen-bond acceptors (Lipinski definition) is 11. The summed E-state index contributed by atoms with van der Waals surface area (Å²) in [4.78, 5) is 38.1. The predicted octanol–water partition coefficient (Wildman–Crippen LogP) is 3.20. The lowest BCUT2D eigenvalue weighted by molar-refractivity contribution is -0.149. The van der Waals surface area contributed by atoms with E-state index in [2.05, 4.69) is 19.7 Å². The van der Waals surface area contributed by atoms with Crippen LogP contribution in [0.5, 0.6) is 5.75 Å². The first-order valence-corrected chi connectivity index (χ1v) is 14.7. The second-order valence-electron chi connectivity index (χ2n) is 9.65. The van der Waals surface area contributed by atoms with Crippen LogP contribution in [-0.2, 0) is 23.4 Å². The fourth-order valence-electron chi connectivity index (χ4n) is 4.00. The molecule has 5 atom stereocenters. The number of carbonyl (C=O) groups is 1. The van der Waals surface area contributed by atoms with Gasteiger partial charge >= 0.3 is 19.4 Å². The van der Waals surface area contributed by atoms with Crippen LogP contribution in [0.2, 0.25) is 0 Å². The van der Waals surface area contributed by atoms with E-state index in [-0.39, 0.29) is 12.2 Å². The van der Waals surface area contributed by atoms with Crippen LogP contribution in [0.15, 0.2) is 51.5 Å². The molecule has 1 fully saturated rings. The van der Waals surface area contributed by atoms with Gasteiger partial charge in [-0.15, -0.1) is 5.10 Å². The molecule has 2 N–H and O–H groups in total. The number of halogens is 1. The maximum absolute atomic E-state index is 15.4. The topological polar surface area (TPSA) is 164 Å². The number of hydrogen-bond donors (Lipinski definition) is 2. The maximum Gasteiger partial charge on any atom is 0.459 e. The van der Waals surface area contributed by atoms with E-state index in [0.717, 1.165) is 22.4 Å². The van der Waals surface area contributed by atoms with Crippen molar-refractivity contribution in [2.24, 2.45) is 0 Å². The monoisotopic (exact) mass is 597 g/mol. The molecule has 1 saturated heterocycles. The van der Waals surface area contributed by atoms with Gasteiger partial charge in [0.1, 0.15) is 17.5 Å². The quantitative estimate of drug-likeness (QED) is 0.246. The third kappa shape index (κ3) is 7.29.